The molecular formula is C18H26O5. The smallest absolute Gasteiger partial charge is 0.318 e. The second-order valence-corrected chi connectivity index (χ2v) is 7.77. The van der Waals surface area contributed by atoms with Gasteiger partial charge in [0.05, 0.1) is 0 Å². The van der Waals surface area contributed by atoms with E-state index in [0.29, 0.717) is 5.56 Å². The maximum absolute atomic E-state index is 12.2. The molecule has 0 saturated heterocycles. The van der Waals surface area contributed by atoms with E-state index < -0.39 is 34.8 Å². The average molecular weight is 322 g/mol. The van der Waals surface area contributed by atoms with Crippen molar-refractivity contribution in [2.75, 3.05) is 0 Å². The first-order chi connectivity index (χ1) is 10.3. The zero-order valence-corrected chi connectivity index (χ0v) is 14.6. The molecule has 0 heterocycles. The Morgan fingerprint density at radius 1 is 0.957 bits per heavy atom. The number of phenolic OH excluding ortho intramolecular Hbond substituents is 1. The first-order valence-corrected chi connectivity index (χ1v) is 7.54. The summed E-state index contributed by atoms with van der Waals surface area (Å²) in [5.41, 5.74) is -1.35. The van der Waals surface area contributed by atoms with Gasteiger partial charge in [0.2, 0.25) is 0 Å². The first kappa shape index (κ1) is 19.0. The number of benzene rings is 1. The number of rotatable bonds is 4. The predicted octanol–water partition coefficient (Wildman–Crippen LogP) is 3.70. The van der Waals surface area contributed by atoms with Gasteiger partial charge in [0.25, 0.3) is 0 Å². The van der Waals surface area contributed by atoms with Gasteiger partial charge < -0.3 is 14.9 Å². The zero-order valence-electron chi connectivity index (χ0n) is 14.6. The molecule has 0 spiro atoms. The highest BCUT2D eigenvalue weighted by Gasteiger charge is 2.55. The second-order valence-electron chi connectivity index (χ2n) is 7.77. The van der Waals surface area contributed by atoms with Gasteiger partial charge in [-0.05, 0) is 17.7 Å². The first-order valence-electron chi connectivity index (χ1n) is 7.54. The molecule has 23 heavy (non-hydrogen) atoms. The van der Waals surface area contributed by atoms with Crippen LogP contribution in [0.25, 0.3) is 0 Å². The van der Waals surface area contributed by atoms with Crippen LogP contribution < -0.4 is 0 Å². The van der Waals surface area contributed by atoms with Gasteiger partial charge in [-0.2, -0.15) is 0 Å². The van der Waals surface area contributed by atoms with Crippen molar-refractivity contribution in [3.8, 4) is 5.75 Å². The molecule has 0 radical (unpaired) electrons. The molecule has 0 saturated carbocycles. The Balaban J connectivity index is 3.53. The predicted molar refractivity (Wildman–Crippen MR) is 87.0 cm³/mol. The highest BCUT2D eigenvalue weighted by atomic mass is 16.6. The van der Waals surface area contributed by atoms with Crippen LogP contribution in [0.5, 0.6) is 5.75 Å². The molecule has 1 aromatic carbocycles. The number of aliphatic carboxylic acids is 1. The van der Waals surface area contributed by atoms with E-state index in [0.717, 1.165) is 0 Å². The van der Waals surface area contributed by atoms with Crippen molar-refractivity contribution in [1.29, 1.82) is 0 Å². The Bertz CT molecular complexity index is 559. The highest BCUT2D eigenvalue weighted by molar-refractivity contribution is 5.90. The van der Waals surface area contributed by atoms with Crippen molar-refractivity contribution in [2.45, 2.75) is 53.6 Å². The van der Waals surface area contributed by atoms with Crippen LogP contribution in [0.4, 0.5) is 0 Å². The molecule has 0 aliphatic heterocycles. The van der Waals surface area contributed by atoms with Gasteiger partial charge in [-0.1, -0.05) is 53.7 Å². The fourth-order valence-electron chi connectivity index (χ4n) is 3.38. The molecule has 5 nitrogen and oxygen atoms in total. The van der Waals surface area contributed by atoms with Gasteiger partial charge in [0.1, 0.15) is 17.8 Å². The second kappa shape index (κ2) is 6.22. The quantitative estimate of drug-likeness (QED) is 0.652. The zero-order chi connectivity index (χ0) is 18.1. The Labute approximate surface area is 137 Å². The molecular weight excluding hydrogens is 296 g/mol. The molecule has 0 amide bonds. The molecule has 5 heteroatoms. The van der Waals surface area contributed by atoms with E-state index in [9.17, 15) is 14.7 Å². The summed E-state index contributed by atoms with van der Waals surface area (Å²) >= 11 is 0. The molecule has 128 valence electrons. The van der Waals surface area contributed by atoms with Crippen LogP contribution in [-0.2, 0) is 19.9 Å². The number of carbonyl (C=O) groups excluding carboxylic acids is 1. The molecule has 2 N–H and O–H groups in total. The number of carboxylic acids is 1. The lowest BCUT2D eigenvalue weighted by molar-refractivity contribution is -0.203. The van der Waals surface area contributed by atoms with Crippen molar-refractivity contribution in [2.24, 2.45) is 10.8 Å². The summed E-state index contributed by atoms with van der Waals surface area (Å²) in [4.78, 5) is 23.0. The molecule has 0 aromatic heterocycles. The summed E-state index contributed by atoms with van der Waals surface area (Å²) in [7, 11) is 0. The maximum atomic E-state index is 12.2. The van der Waals surface area contributed by atoms with E-state index in [-0.39, 0.29) is 5.75 Å². The van der Waals surface area contributed by atoms with Crippen LogP contribution in [0, 0.1) is 10.8 Å². The van der Waals surface area contributed by atoms with E-state index >= 15 is 0 Å². The van der Waals surface area contributed by atoms with E-state index in [4.69, 9.17) is 9.84 Å². The van der Waals surface area contributed by atoms with Crippen LogP contribution >= 0.6 is 0 Å². The molecule has 1 aromatic rings. The minimum Gasteiger partial charge on any atom is -0.508 e. The normalized spacial score (nSPS) is 12.8. The van der Waals surface area contributed by atoms with E-state index in [1.165, 1.54) is 12.1 Å². The van der Waals surface area contributed by atoms with E-state index in [1.54, 1.807) is 12.1 Å². The van der Waals surface area contributed by atoms with Crippen LogP contribution in [-0.4, -0.2) is 22.2 Å². The van der Waals surface area contributed by atoms with Gasteiger partial charge in [0.15, 0.2) is 0 Å². The number of carbonyl (C=O) groups is 2. The number of hydrogen-bond acceptors (Lipinski definition) is 4. The number of phenols is 1. The standard InChI is InChI=1S/C18H26O5/c1-16(2,3)18(17(4,5)6,23-15(22)11-14(20)21)12-7-9-13(19)10-8-12/h7-10,19H,11H2,1-6H3,(H,20,21). The third kappa shape index (κ3) is 3.84. The number of ether oxygens (including phenoxy) is 1. The Hall–Kier alpha value is -2.04. The van der Waals surface area contributed by atoms with Gasteiger partial charge in [-0.3, -0.25) is 9.59 Å². The van der Waals surface area contributed by atoms with Crippen molar-refractivity contribution in [1.82, 2.24) is 0 Å². The Morgan fingerprint density at radius 2 is 1.39 bits per heavy atom. The summed E-state index contributed by atoms with van der Waals surface area (Å²) in [6.45, 7) is 11.7. The lowest BCUT2D eigenvalue weighted by atomic mass is 9.59. The molecule has 0 aliphatic carbocycles. The molecule has 0 fully saturated rings. The molecule has 0 atom stereocenters. The van der Waals surface area contributed by atoms with Crippen molar-refractivity contribution in [3.63, 3.8) is 0 Å². The number of carboxylic acid groups (broad SMARTS) is 1. The summed E-state index contributed by atoms with van der Waals surface area (Å²) in [6, 6.07) is 6.49. The summed E-state index contributed by atoms with van der Waals surface area (Å²) in [5, 5.41) is 18.4. The topological polar surface area (TPSA) is 83.8 Å². The number of esters is 1. The number of hydrogen-bond donors (Lipinski definition) is 2. The monoisotopic (exact) mass is 322 g/mol. The van der Waals surface area contributed by atoms with Gasteiger partial charge in [-0.25, -0.2) is 0 Å². The van der Waals surface area contributed by atoms with Crippen LogP contribution in [0.2, 0.25) is 0 Å². The maximum Gasteiger partial charge on any atom is 0.318 e. The van der Waals surface area contributed by atoms with Crippen LogP contribution in [0.15, 0.2) is 24.3 Å². The minimum absolute atomic E-state index is 0.113. The third-order valence-electron chi connectivity index (χ3n) is 3.95. The molecule has 0 unspecified atom stereocenters. The molecule has 0 aliphatic rings. The average Bonchev–Trinajstić information content (AvgIpc) is 2.33. The van der Waals surface area contributed by atoms with Crippen molar-refractivity contribution >= 4 is 11.9 Å². The lowest BCUT2D eigenvalue weighted by Crippen LogP contribution is -2.53. The van der Waals surface area contributed by atoms with Crippen molar-refractivity contribution in [3.05, 3.63) is 29.8 Å². The fourth-order valence-corrected chi connectivity index (χ4v) is 3.38. The van der Waals surface area contributed by atoms with E-state index in [2.05, 4.69) is 0 Å². The minimum atomic E-state index is -1.22. The van der Waals surface area contributed by atoms with Gasteiger partial charge >= 0.3 is 11.9 Å². The largest absolute Gasteiger partial charge is 0.508 e. The number of aromatic hydroxyl groups is 1. The Morgan fingerprint density at radius 3 is 1.74 bits per heavy atom. The van der Waals surface area contributed by atoms with Crippen LogP contribution in [0.1, 0.15) is 53.5 Å². The van der Waals surface area contributed by atoms with Gasteiger partial charge in [-0.15, -0.1) is 0 Å². The third-order valence-corrected chi connectivity index (χ3v) is 3.95. The Kier molecular flexibility index (Phi) is 5.14. The van der Waals surface area contributed by atoms with Crippen molar-refractivity contribution < 1.29 is 24.5 Å². The molecule has 1 rings (SSSR count). The molecule has 0 bridgehead atoms. The fraction of sp³-hybridized carbons (Fsp3) is 0.556. The summed E-state index contributed by atoms with van der Waals surface area (Å²) in [6.07, 6.45) is -0.688. The highest BCUT2D eigenvalue weighted by Crippen LogP contribution is 2.54. The summed E-state index contributed by atoms with van der Waals surface area (Å²) < 4.78 is 5.80. The van der Waals surface area contributed by atoms with E-state index in [1.807, 2.05) is 41.5 Å². The summed E-state index contributed by atoms with van der Waals surface area (Å²) in [5.74, 6) is -1.89. The van der Waals surface area contributed by atoms with Gasteiger partial charge in [0, 0.05) is 10.8 Å². The lowest BCUT2D eigenvalue weighted by Gasteiger charge is -2.52. The van der Waals surface area contributed by atoms with Crippen LogP contribution in [0.3, 0.4) is 0 Å². The SMILES string of the molecule is CC(C)(C)C(OC(=O)CC(=O)O)(c1ccc(O)cc1)C(C)(C)C.